The van der Waals surface area contributed by atoms with Gasteiger partial charge in [-0.15, -0.1) is 0 Å². The number of benzene rings is 1. The first kappa shape index (κ1) is 17.3. The van der Waals surface area contributed by atoms with E-state index in [0.29, 0.717) is 18.4 Å². The maximum Gasteiger partial charge on any atom is 0.222 e. The van der Waals surface area contributed by atoms with E-state index in [1.54, 1.807) is 0 Å². The van der Waals surface area contributed by atoms with E-state index in [-0.39, 0.29) is 0 Å². The van der Waals surface area contributed by atoms with Crippen molar-refractivity contribution in [1.82, 2.24) is 4.90 Å². The Balaban J connectivity index is 1.48. The van der Waals surface area contributed by atoms with Gasteiger partial charge in [0.25, 0.3) is 0 Å². The van der Waals surface area contributed by atoms with Crippen LogP contribution < -0.4 is 4.74 Å². The van der Waals surface area contributed by atoms with E-state index < -0.39 is 0 Å². The van der Waals surface area contributed by atoms with Gasteiger partial charge in [0, 0.05) is 19.5 Å². The van der Waals surface area contributed by atoms with Crippen molar-refractivity contribution in [3.63, 3.8) is 0 Å². The summed E-state index contributed by atoms with van der Waals surface area (Å²) in [6.07, 6.45) is 12.9. The molecule has 1 saturated heterocycles. The summed E-state index contributed by atoms with van der Waals surface area (Å²) in [5.74, 6) is 1.29. The molecule has 24 heavy (non-hydrogen) atoms. The zero-order chi connectivity index (χ0) is 16.6. The quantitative estimate of drug-likeness (QED) is 0.781. The van der Waals surface area contributed by atoms with E-state index >= 15 is 0 Å². The van der Waals surface area contributed by atoms with Gasteiger partial charge in [0.15, 0.2) is 0 Å². The van der Waals surface area contributed by atoms with Gasteiger partial charge in [-0.3, -0.25) is 4.79 Å². The molecule has 1 aromatic rings. The highest BCUT2D eigenvalue weighted by molar-refractivity contribution is 5.76. The van der Waals surface area contributed by atoms with Crippen LogP contribution in [0.2, 0.25) is 0 Å². The van der Waals surface area contributed by atoms with E-state index in [1.165, 1.54) is 50.5 Å². The lowest BCUT2D eigenvalue weighted by atomic mass is 10.1. The number of amides is 1. The minimum absolute atomic E-state index is 0.319. The normalized spacial score (nSPS) is 19.8. The van der Waals surface area contributed by atoms with Gasteiger partial charge in [-0.25, -0.2) is 0 Å². The van der Waals surface area contributed by atoms with Gasteiger partial charge >= 0.3 is 0 Å². The molecule has 3 rings (SSSR count). The zero-order valence-electron chi connectivity index (χ0n) is 14.8. The first-order valence-electron chi connectivity index (χ1n) is 9.84. The van der Waals surface area contributed by atoms with Crippen molar-refractivity contribution in [2.45, 2.75) is 76.7 Å². The highest BCUT2D eigenvalue weighted by atomic mass is 16.5. The van der Waals surface area contributed by atoms with E-state index in [0.717, 1.165) is 38.1 Å². The van der Waals surface area contributed by atoms with Crippen molar-refractivity contribution < 1.29 is 9.53 Å². The predicted molar refractivity (Wildman–Crippen MR) is 97.3 cm³/mol. The number of hydrogen-bond donors (Lipinski definition) is 0. The second-order valence-electron chi connectivity index (χ2n) is 7.32. The number of aryl methyl sites for hydroxylation is 1. The average molecular weight is 329 g/mol. The maximum atomic E-state index is 12.5. The minimum atomic E-state index is 0.319. The third-order valence-electron chi connectivity index (χ3n) is 5.34. The summed E-state index contributed by atoms with van der Waals surface area (Å²) in [4.78, 5) is 14.6. The molecule has 2 aliphatic rings. The summed E-state index contributed by atoms with van der Waals surface area (Å²) >= 11 is 0. The minimum Gasteiger partial charge on any atom is -0.490 e. The summed E-state index contributed by atoms with van der Waals surface area (Å²) in [5, 5.41) is 0. The fourth-order valence-corrected chi connectivity index (χ4v) is 3.88. The summed E-state index contributed by atoms with van der Waals surface area (Å²) in [6.45, 7) is 1.90. The van der Waals surface area contributed by atoms with Crippen LogP contribution in [0.4, 0.5) is 0 Å². The number of nitrogens with zero attached hydrogens (tertiary/aromatic N) is 1. The van der Waals surface area contributed by atoms with Crippen molar-refractivity contribution in [1.29, 1.82) is 0 Å². The molecule has 0 unspecified atom stereocenters. The lowest BCUT2D eigenvalue weighted by Gasteiger charge is -2.25. The predicted octanol–water partition coefficient (Wildman–Crippen LogP) is 4.73. The molecule has 3 nitrogen and oxygen atoms in total. The fourth-order valence-electron chi connectivity index (χ4n) is 3.88. The van der Waals surface area contributed by atoms with Crippen LogP contribution >= 0.6 is 0 Å². The van der Waals surface area contributed by atoms with Crippen molar-refractivity contribution >= 4 is 5.91 Å². The van der Waals surface area contributed by atoms with Crippen LogP contribution in [0.25, 0.3) is 0 Å². The molecular weight excluding hydrogens is 298 g/mol. The smallest absolute Gasteiger partial charge is 0.222 e. The largest absolute Gasteiger partial charge is 0.490 e. The Morgan fingerprint density at radius 1 is 1.00 bits per heavy atom. The van der Waals surface area contributed by atoms with Crippen LogP contribution in [0.3, 0.4) is 0 Å². The van der Waals surface area contributed by atoms with Gasteiger partial charge in [-0.05, 0) is 62.6 Å². The molecule has 2 fully saturated rings. The van der Waals surface area contributed by atoms with E-state index in [1.807, 2.05) is 6.07 Å². The van der Waals surface area contributed by atoms with Crippen LogP contribution in [0.5, 0.6) is 5.75 Å². The summed E-state index contributed by atoms with van der Waals surface area (Å²) < 4.78 is 6.07. The molecule has 3 heteroatoms. The lowest BCUT2D eigenvalue weighted by molar-refractivity contribution is -0.131. The van der Waals surface area contributed by atoms with Crippen molar-refractivity contribution in [2.24, 2.45) is 0 Å². The highest BCUT2D eigenvalue weighted by Crippen LogP contribution is 2.25. The van der Waals surface area contributed by atoms with Crippen LogP contribution in [0.15, 0.2) is 24.3 Å². The maximum absolute atomic E-state index is 12.5. The third kappa shape index (κ3) is 5.25. The molecule has 0 aromatic heterocycles. The average Bonchev–Trinajstić information content (AvgIpc) is 3.06. The lowest BCUT2D eigenvalue weighted by Crippen LogP contribution is -2.33. The Bertz CT molecular complexity index is 514. The van der Waals surface area contributed by atoms with Gasteiger partial charge in [0.05, 0.1) is 6.10 Å². The number of carbonyl (C=O) groups excluding carboxylic acids is 1. The van der Waals surface area contributed by atoms with E-state index in [2.05, 4.69) is 23.1 Å². The molecule has 0 spiro atoms. The Labute approximate surface area is 146 Å². The Morgan fingerprint density at radius 2 is 1.71 bits per heavy atom. The molecule has 0 N–H and O–H groups in total. The van der Waals surface area contributed by atoms with E-state index in [9.17, 15) is 4.79 Å². The van der Waals surface area contributed by atoms with Crippen LogP contribution in [0, 0.1) is 0 Å². The molecular formula is C21H31NO2. The second kappa shape index (κ2) is 9.10. The number of hydrogen-bond acceptors (Lipinski definition) is 2. The Kier molecular flexibility index (Phi) is 6.57. The first-order valence-corrected chi connectivity index (χ1v) is 9.84. The third-order valence-corrected chi connectivity index (χ3v) is 5.34. The van der Waals surface area contributed by atoms with Gasteiger partial charge in [0.2, 0.25) is 5.91 Å². The Hall–Kier alpha value is -1.51. The molecule has 0 bridgehead atoms. The molecule has 1 aliphatic heterocycles. The first-order chi connectivity index (χ1) is 11.8. The Morgan fingerprint density at radius 3 is 2.46 bits per heavy atom. The monoisotopic (exact) mass is 329 g/mol. The number of rotatable bonds is 5. The zero-order valence-corrected chi connectivity index (χ0v) is 14.8. The van der Waals surface area contributed by atoms with Crippen LogP contribution in [0.1, 0.15) is 69.8 Å². The molecule has 1 saturated carbocycles. The van der Waals surface area contributed by atoms with Crippen molar-refractivity contribution in [2.75, 3.05) is 13.1 Å². The molecule has 0 atom stereocenters. The number of ether oxygens (including phenoxy) is 1. The molecule has 132 valence electrons. The number of likely N-dealkylation sites (tertiary alicyclic amines) is 1. The number of carbonyl (C=O) groups is 1. The molecule has 0 radical (unpaired) electrons. The van der Waals surface area contributed by atoms with Crippen LogP contribution in [-0.4, -0.2) is 30.0 Å². The highest BCUT2D eigenvalue weighted by Gasteiger charge is 2.17. The van der Waals surface area contributed by atoms with E-state index in [4.69, 9.17) is 4.74 Å². The van der Waals surface area contributed by atoms with Gasteiger partial charge in [-0.1, -0.05) is 31.4 Å². The van der Waals surface area contributed by atoms with Gasteiger partial charge in [-0.2, -0.15) is 0 Å². The summed E-state index contributed by atoms with van der Waals surface area (Å²) in [7, 11) is 0. The molecule has 1 amide bonds. The summed E-state index contributed by atoms with van der Waals surface area (Å²) in [5.41, 5.74) is 1.21. The van der Waals surface area contributed by atoms with Crippen molar-refractivity contribution in [3.05, 3.63) is 29.8 Å². The topological polar surface area (TPSA) is 29.5 Å². The fraction of sp³-hybridized carbons (Fsp3) is 0.667. The SMILES string of the molecule is O=C(CCc1cccc(OC2CCCC2)c1)N1CCCCCCC1. The van der Waals surface area contributed by atoms with Gasteiger partial charge in [0.1, 0.15) is 5.75 Å². The standard InChI is InChI=1S/C21H31NO2/c23-21(22-15-6-2-1-3-7-16-22)14-13-18-9-8-12-20(17-18)24-19-10-4-5-11-19/h8-9,12,17,19H,1-7,10-11,13-16H2. The van der Waals surface area contributed by atoms with Gasteiger partial charge < -0.3 is 9.64 Å². The summed E-state index contributed by atoms with van der Waals surface area (Å²) in [6, 6.07) is 8.34. The molecule has 1 aromatic carbocycles. The molecule has 1 heterocycles. The van der Waals surface area contributed by atoms with Crippen molar-refractivity contribution in [3.8, 4) is 5.75 Å². The van der Waals surface area contributed by atoms with Crippen LogP contribution in [-0.2, 0) is 11.2 Å². The molecule has 1 aliphatic carbocycles. The second-order valence-corrected chi connectivity index (χ2v) is 7.32.